The Kier molecular flexibility index (Phi) is 4.27. The number of rotatable bonds is 3. The van der Waals surface area contributed by atoms with Gasteiger partial charge in [0.1, 0.15) is 5.82 Å². The SMILES string of the molecule is Cc1cc(C)n2nc(Sc3nc(N(C)C)cc(C(F)(F)F)n3)nc2n1. The van der Waals surface area contributed by atoms with Gasteiger partial charge < -0.3 is 4.90 Å². The molecule has 0 amide bonds. The van der Waals surface area contributed by atoms with Gasteiger partial charge in [-0.2, -0.15) is 18.2 Å². The van der Waals surface area contributed by atoms with E-state index < -0.39 is 11.9 Å². The van der Waals surface area contributed by atoms with Gasteiger partial charge in [-0.05, 0) is 31.7 Å². The highest BCUT2D eigenvalue weighted by atomic mass is 32.2. The number of nitrogens with zero attached hydrogens (tertiary/aromatic N) is 7. The van der Waals surface area contributed by atoms with E-state index in [2.05, 4.69) is 25.0 Å². The predicted molar refractivity (Wildman–Crippen MR) is 85.7 cm³/mol. The first kappa shape index (κ1) is 17.4. The second kappa shape index (κ2) is 6.14. The Morgan fingerprint density at radius 3 is 2.36 bits per heavy atom. The molecule has 0 N–H and O–H groups in total. The highest BCUT2D eigenvalue weighted by Crippen LogP contribution is 2.32. The van der Waals surface area contributed by atoms with Crippen molar-refractivity contribution in [3.8, 4) is 0 Å². The highest BCUT2D eigenvalue weighted by molar-refractivity contribution is 7.99. The summed E-state index contributed by atoms with van der Waals surface area (Å²) in [6.45, 7) is 3.67. The zero-order valence-electron chi connectivity index (χ0n) is 13.8. The lowest BCUT2D eigenvalue weighted by atomic mass is 10.4. The number of fused-ring (bicyclic) bond motifs is 1. The summed E-state index contributed by atoms with van der Waals surface area (Å²) in [5.41, 5.74) is 0.586. The molecule has 0 aliphatic carbocycles. The lowest BCUT2D eigenvalue weighted by Crippen LogP contribution is -2.16. The van der Waals surface area contributed by atoms with Crippen LogP contribution in [0.5, 0.6) is 0 Å². The van der Waals surface area contributed by atoms with Crippen LogP contribution >= 0.6 is 11.8 Å². The average Bonchev–Trinajstić information content (AvgIpc) is 2.88. The number of alkyl halides is 3. The maximum atomic E-state index is 13.1. The Hall–Kier alpha value is -2.43. The highest BCUT2D eigenvalue weighted by Gasteiger charge is 2.34. The van der Waals surface area contributed by atoms with E-state index >= 15 is 0 Å². The first-order valence-corrected chi connectivity index (χ1v) is 7.97. The van der Waals surface area contributed by atoms with Crippen molar-refractivity contribution in [1.29, 1.82) is 0 Å². The molecule has 0 aliphatic rings. The van der Waals surface area contributed by atoms with Crippen molar-refractivity contribution >= 4 is 23.4 Å². The molecule has 0 saturated heterocycles. The molecule has 0 unspecified atom stereocenters. The first-order valence-electron chi connectivity index (χ1n) is 7.16. The van der Waals surface area contributed by atoms with Crippen LogP contribution in [0.4, 0.5) is 19.0 Å². The molecular weight excluding hydrogens is 355 g/mol. The smallest absolute Gasteiger partial charge is 0.363 e. The fourth-order valence-electron chi connectivity index (χ4n) is 2.11. The minimum absolute atomic E-state index is 0.0798. The van der Waals surface area contributed by atoms with Gasteiger partial charge in [-0.3, -0.25) is 0 Å². The largest absolute Gasteiger partial charge is 0.433 e. The van der Waals surface area contributed by atoms with Crippen molar-refractivity contribution in [2.75, 3.05) is 19.0 Å². The summed E-state index contributed by atoms with van der Waals surface area (Å²) in [4.78, 5) is 17.7. The fourth-order valence-corrected chi connectivity index (χ4v) is 2.80. The molecule has 3 aromatic heterocycles. The van der Waals surface area contributed by atoms with Gasteiger partial charge in [0.25, 0.3) is 5.78 Å². The molecule has 7 nitrogen and oxygen atoms in total. The summed E-state index contributed by atoms with van der Waals surface area (Å²) in [5, 5.41) is 4.39. The van der Waals surface area contributed by atoms with Crippen LogP contribution in [0.15, 0.2) is 22.4 Å². The molecule has 132 valence electrons. The van der Waals surface area contributed by atoms with Crippen molar-refractivity contribution < 1.29 is 13.2 Å². The topological polar surface area (TPSA) is 72.1 Å². The Morgan fingerprint density at radius 1 is 1.00 bits per heavy atom. The van der Waals surface area contributed by atoms with Gasteiger partial charge in [0.15, 0.2) is 10.9 Å². The van der Waals surface area contributed by atoms with Crippen molar-refractivity contribution in [1.82, 2.24) is 29.5 Å². The third-order valence-electron chi connectivity index (χ3n) is 3.22. The fraction of sp³-hybridized carbons (Fsp3) is 0.357. The van der Waals surface area contributed by atoms with Gasteiger partial charge in [0.05, 0.1) is 0 Å². The molecule has 0 radical (unpaired) electrons. The molecule has 0 aromatic carbocycles. The maximum Gasteiger partial charge on any atom is 0.433 e. The van der Waals surface area contributed by atoms with Crippen LogP contribution in [-0.2, 0) is 6.18 Å². The third kappa shape index (κ3) is 3.65. The van der Waals surface area contributed by atoms with Crippen LogP contribution in [0, 0.1) is 13.8 Å². The number of hydrogen-bond donors (Lipinski definition) is 0. The maximum absolute atomic E-state index is 13.1. The van der Waals surface area contributed by atoms with Crippen LogP contribution in [0.3, 0.4) is 0 Å². The lowest BCUT2D eigenvalue weighted by molar-refractivity contribution is -0.141. The van der Waals surface area contributed by atoms with Crippen molar-refractivity contribution in [3.63, 3.8) is 0 Å². The molecule has 0 fully saturated rings. The van der Waals surface area contributed by atoms with Gasteiger partial charge >= 0.3 is 6.18 Å². The van der Waals surface area contributed by atoms with Gasteiger partial charge in [0, 0.05) is 31.5 Å². The van der Waals surface area contributed by atoms with Gasteiger partial charge in [-0.25, -0.2) is 19.5 Å². The minimum Gasteiger partial charge on any atom is -0.363 e. The Labute approximate surface area is 145 Å². The van der Waals surface area contributed by atoms with Crippen LogP contribution in [-0.4, -0.2) is 43.6 Å². The molecule has 25 heavy (non-hydrogen) atoms. The predicted octanol–water partition coefficient (Wildman–Crippen LogP) is 2.77. The molecule has 0 atom stereocenters. The number of anilines is 1. The molecule has 11 heteroatoms. The Morgan fingerprint density at radius 2 is 1.72 bits per heavy atom. The van der Waals surface area contributed by atoms with Crippen molar-refractivity contribution in [3.05, 3.63) is 29.2 Å². The molecule has 0 bridgehead atoms. The zero-order chi connectivity index (χ0) is 18.4. The van der Waals surface area contributed by atoms with Crippen LogP contribution in [0.1, 0.15) is 17.1 Å². The molecule has 3 rings (SSSR count). The van der Waals surface area contributed by atoms with Crippen molar-refractivity contribution in [2.24, 2.45) is 0 Å². The zero-order valence-corrected chi connectivity index (χ0v) is 14.6. The summed E-state index contributed by atoms with van der Waals surface area (Å²) in [6.07, 6.45) is -4.56. The quantitative estimate of drug-likeness (QED) is 0.657. The normalized spacial score (nSPS) is 12.0. The summed E-state index contributed by atoms with van der Waals surface area (Å²) in [5.74, 6) is 0.526. The van der Waals surface area contributed by atoms with Crippen LogP contribution < -0.4 is 4.90 Å². The van der Waals surface area contributed by atoms with Crippen LogP contribution in [0.25, 0.3) is 5.78 Å². The van der Waals surface area contributed by atoms with E-state index in [1.54, 1.807) is 14.1 Å². The van der Waals surface area contributed by atoms with Gasteiger partial charge in [-0.15, -0.1) is 5.10 Å². The molecule has 3 heterocycles. The van der Waals surface area contributed by atoms with E-state index in [0.29, 0.717) is 5.78 Å². The lowest BCUT2D eigenvalue weighted by Gasteiger charge is -2.14. The first-order chi connectivity index (χ1) is 11.6. The van der Waals surface area contributed by atoms with Gasteiger partial charge in [-0.1, -0.05) is 0 Å². The molecule has 0 aliphatic heterocycles. The summed E-state index contributed by atoms with van der Waals surface area (Å²) >= 11 is 0.858. The molecule has 0 saturated carbocycles. The summed E-state index contributed by atoms with van der Waals surface area (Å²) in [7, 11) is 3.21. The molecule has 3 aromatic rings. The molecule has 0 spiro atoms. The Bertz CT molecular complexity index is 936. The number of aromatic nitrogens is 6. The number of halogens is 3. The Balaban J connectivity index is 2.02. The minimum atomic E-state index is -4.56. The summed E-state index contributed by atoms with van der Waals surface area (Å²) < 4.78 is 40.7. The van der Waals surface area contributed by atoms with E-state index in [1.807, 2.05) is 19.9 Å². The second-order valence-electron chi connectivity index (χ2n) is 5.53. The number of hydrogen-bond acceptors (Lipinski definition) is 7. The average molecular weight is 369 g/mol. The number of aryl methyl sites for hydroxylation is 2. The van der Waals surface area contributed by atoms with E-state index in [-0.39, 0.29) is 16.1 Å². The second-order valence-corrected chi connectivity index (χ2v) is 6.47. The van der Waals surface area contributed by atoms with Gasteiger partial charge in [0.2, 0.25) is 5.16 Å². The summed E-state index contributed by atoms with van der Waals surface area (Å²) in [6, 6.07) is 2.73. The van der Waals surface area contributed by atoms with E-state index in [4.69, 9.17) is 0 Å². The van der Waals surface area contributed by atoms with E-state index in [1.165, 1.54) is 9.42 Å². The van der Waals surface area contributed by atoms with Crippen LogP contribution in [0.2, 0.25) is 0 Å². The molecular formula is C14H14F3N7S. The van der Waals surface area contributed by atoms with E-state index in [9.17, 15) is 13.2 Å². The third-order valence-corrected chi connectivity index (χ3v) is 3.94. The monoisotopic (exact) mass is 369 g/mol. The van der Waals surface area contributed by atoms with E-state index in [0.717, 1.165) is 29.2 Å². The standard InChI is InChI=1S/C14H14F3N7S/c1-7-5-8(2)24-11(18-7)21-13(22-24)25-12-19-9(14(15,16)17)6-10(20-12)23(3)4/h5-6H,1-4H3. The van der Waals surface area contributed by atoms with Crippen molar-refractivity contribution in [2.45, 2.75) is 30.3 Å².